The minimum Gasteiger partial charge on any atom is -0.364 e. The van der Waals surface area contributed by atoms with Gasteiger partial charge in [-0.15, -0.1) is 0 Å². The molecule has 0 fully saturated rings. The zero-order valence-corrected chi connectivity index (χ0v) is 12.6. The highest BCUT2D eigenvalue weighted by molar-refractivity contribution is 6.04. The Bertz CT molecular complexity index is 841. The van der Waals surface area contributed by atoms with E-state index in [1.807, 2.05) is 56.3 Å². The lowest BCUT2D eigenvalue weighted by Gasteiger charge is -2.19. The molecule has 0 bridgehead atoms. The third-order valence-corrected chi connectivity index (χ3v) is 3.76. The topological polar surface area (TPSA) is 97.8 Å². The van der Waals surface area contributed by atoms with Crippen LogP contribution in [0.5, 0.6) is 0 Å². The fraction of sp³-hybridized carbons (Fsp3) is 0.176. The van der Waals surface area contributed by atoms with E-state index in [-0.39, 0.29) is 11.2 Å². The highest BCUT2D eigenvalue weighted by Crippen LogP contribution is 2.27. The van der Waals surface area contributed by atoms with Gasteiger partial charge in [-0.2, -0.15) is 5.10 Å². The monoisotopic (exact) mass is 294 g/mol. The van der Waals surface area contributed by atoms with Crippen molar-refractivity contribution in [3.8, 4) is 11.1 Å². The predicted molar refractivity (Wildman–Crippen MR) is 87.3 cm³/mol. The average molecular weight is 294 g/mol. The van der Waals surface area contributed by atoms with Gasteiger partial charge in [-0.1, -0.05) is 30.3 Å². The van der Waals surface area contributed by atoms with Gasteiger partial charge in [0.2, 0.25) is 0 Å². The Labute approximate surface area is 128 Å². The van der Waals surface area contributed by atoms with Crippen LogP contribution < -0.4 is 11.5 Å². The molecule has 0 saturated heterocycles. The van der Waals surface area contributed by atoms with E-state index >= 15 is 0 Å². The molecule has 1 heterocycles. The van der Waals surface area contributed by atoms with Crippen molar-refractivity contribution in [3.05, 3.63) is 53.7 Å². The number of rotatable bonds is 3. The van der Waals surface area contributed by atoms with Gasteiger partial charge < -0.3 is 11.5 Å². The van der Waals surface area contributed by atoms with Gasteiger partial charge in [-0.25, -0.2) is 0 Å². The molecular formula is C17H18N4O. The van der Waals surface area contributed by atoms with Crippen molar-refractivity contribution in [1.29, 1.82) is 0 Å². The summed E-state index contributed by atoms with van der Waals surface area (Å²) in [7, 11) is 0. The molecule has 0 aliphatic carbocycles. The fourth-order valence-electron chi connectivity index (χ4n) is 2.47. The Balaban J connectivity index is 2.06. The molecule has 5 nitrogen and oxygen atoms in total. The van der Waals surface area contributed by atoms with E-state index in [1.165, 1.54) is 0 Å². The number of benzene rings is 2. The number of hydrogen-bond acceptors (Lipinski definition) is 3. The van der Waals surface area contributed by atoms with E-state index in [2.05, 4.69) is 10.2 Å². The molecule has 0 saturated carbocycles. The Hall–Kier alpha value is -2.66. The Kier molecular flexibility index (Phi) is 3.22. The first-order valence-electron chi connectivity index (χ1n) is 7.04. The maximum atomic E-state index is 11.4. The van der Waals surface area contributed by atoms with Crippen LogP contribution in [-0.4, -0.2) is 16.1 Å². The van der Waals surface area contributed by atoms with Crippen LogP contribution in [0.25, 0.3) is 22.0 Å². The van der Waals surface area contributed by atoms with Gasteiger partial charge in [0, 0.05) is 10.9 Å². The molecule has 2 aromatic carbocycles. The standard InChI is InChI=1S/C17H18N4O/c1-17(2,19)12-6-3-10(4-7-12)11-5-8-14-13(9-11)15(16(18)22)21-20-14/h3-9H,19H2,1-2H3,(H2,18,22)(H,20,21). The Morgan fingerprint density at radius 2 is 1.73 bits per heavy atom. The number of primary amides is 1. The second kappa shape index (κ2) is 4.96. The third kappa shape index (κ3) is 2.46. The van der Waals surface area contributed by atoms with Crippen LogP contribution in [-0.2, 0) is 5.54 Å². The van der Waals surface area contributed by atoms with Gasteiger partial charge in [0.1, 0.15) is 0 Å². The van der Waals surface area contributed by atoms with Crippen LogP contribution in [0.3, 0.4) is 0 Å². The molecule has 112 valence electrons. The summed E-state index contributed by atoms with van der Waals surface area (Å²) in [6, 6.07) is 13.9. The maximum absolute atomic E-state index is 11.4. The van der Waals surface area contributed by atoms with E-state index in [1.54, 1.807) is 0 Å². The van der Waals surface area contributed by atoms with Gasteiger partial charge in [0.15, 0.2) is 5.69 Å². The first kappa shape index (κ1) is 14.3. The summed E-state index contributed by atoms with van der Waals surface area (Å²) in [5.41, 5.74) is 15.2. The number of amides is 1. The molecule has 5 heteroatoms. The molecule has 22 heavy (non-hydrogen) atoms. The molecule has 0 aliphatic heterocycles. The summed E-state index contributed by atoms with van der Waals surface area (Å²) < 4.78 is 0. The van der Waals surface area contributed by atoms with Crippen molar-refractivity contribution in [2.24, 2.45) is 11.5 Å². The lowest BCUT2D eigenvalue weighted by atomic mass is 9.93. The summed E-state index contributed by atoms with van der Waals surface area (Å²) in [6.07, 6.45) is 0. The number of nitrogens with two attached hydrogens (primary N) is 2. The van der Waals surface area contributed by atoms with Gasteiger partial charge in [0.05, 0.1) is 5.52 Å². The number of aromatic nitrogens is 2. The fourth-order valence-corrected chi connectivity index (χ4v) is 2.47. The number of H-pyrrole nitrogens is 1. The predicted octanol–water partition coefficient (Wildman–Crippen LogP) is 2.52. The van der Waals surface area contributed by atoms with Crippen LogP contribution in [0.2, 0.25) is 0 Å². The van der Waals surface area contributed by atoms with Crippen molar-refractivity contribution in [3.63, 3.8) is 0 Å². The van der Waals surface area contributed by atoms with Crippen molar-refractivity contribution in [1.82, 2.24) is 10.2 Å². The number of hydrogen-bond donors (Lipinski definition) is 3. The van der Waals surface area contributed by atoms with Crippen LogP contribution in [0.4, 0.5) is 0 Å². The SMILES string of the molecule is CC(C)(N)c1ccc(-c2ccc3[nH]nc(C(N)=O)c3c2)cc1. The van der Waals surface area contributed by atoms with Crippen molar-refractivity contribution in [2.75, 3.05) is 0 Å². The quantitative estimate of drug-likeness (QED) is 0.692. The second-order valence-electron chi connectivity index (χ2n) is 6.00. The number of nitrogens with zero attached hydrogens (tertiary/aromatic N) is 1. The maximum Gasteiger partial charge on any atom is 0.269 e. The van der Waals surface area contributed by atoms with Gasteiger partial charge in [-0.05, 0) is 42.7 Å². The molecule has 0 atom stereocenters. The van der Waals surface area contributed by atoms with E-state index in [0.717, 1.165) is 27.6 Å². The molecule has 0 spiro atoms. The molecule has 3 rings (SSSR count). The lowest BCUT2D eigenvalue weighted by Crippen LogP contribution is -2.28. The molecule has 0 unspecified atom stereocenters. The molecule has 3 aromatic rings. The summed E-state index contributed by atoms with van der Waals surface area (Å²) in [5.74, 6) is -0.538. The molecule has 0 radical (unpaired) electrons. The second-order valence-corrected chi connectivity index (χ2v) is 6.00. The van der Waals surface area contributed by atoms with Crippen LogP contribution in [0, 0.1) is 0 Å². The number of fused-ring (bicyclic) bond motifs is 1. The summed E-state index contributed by atoms with van der Waals surface area (Å²) in [4.78, 5) is 11.4. The zero-order chi connectivity index (χ0) is 15.9. The molecule has 5 N–H and O–H groups in total. The lowest BCUT2D eigenvalue weighted by molar-refractivity contribution is 0.0997. The minimum atomic E-state index is -0.538. The van der Waals surface area contributed by atoms with E-state index in [9.17, 15) is 4.79 Å². The zero-order valence-electron chi connectivity index (χ0n) is 12.6. The van der Waals surface area contributed by atoms with Gasteiger partial charge in [-0.3, -0.25) is 9.89 Å². The van der Waals surface area contributed by atoms with Crippen molar-refractivity contribution >= 4 is 16.8 Å². The normalized spacial score (nSPS) is 11.8. The Morgan fingerprint density at radius 3 is 2.32 bits per heavy atom. The number of carbonyl (C=O) groups excluding carboxylic acids is 1. The van der Waals surface area contributed by atoms with Crippen LogP contribution >= 0.6 is 0 Å². The average Bonchev–Trinajstić information content (AvgIpc) is 2.89. The minimum absolute atomic E-state index is 0.261. The molecule has 1 amide bonds. The van der Waals surface area contributed by atoms with E-state index in [4.69, 9.17) is 11.5 Å². The summed E-state index contributed by atoms with van der Waals surface area (Å²) in [5, 5.41) is 7.50. The smallest absolute Gasteiger partial charge is 0.269 e. The van der Waals surface area contributed by atoms with Crippen molar-refractivity contribution in [2.45, 2.75) is 19.4 Å². The molecule has 0 aliphatic rings. The first-order valence-corrected chi connectivity index (χ1v) is 7.04. The first-order chi connectivity index (χ1) is 10.4. The summed E-state index contributed by atoms with van der Waals surface area (Å²) >= 11 is 0. The van der Waals surface area contributed by atoms with E-state index in [0.29, 0.717) is 0 Å². The van der Waals surface area contributed by atoms with Crippen LogP contribution in [0.1, 0.15) is 29.9 Å². The van der Waals surface area contributed by atoms with Crippen LogP contribution in [0.15, 0.2) is 42.5 Å². The highest BCUT2D eigenvalue weighted by Gasteiger charge is 2.14. The number of nitrogens with one attached hydrogen (secondary N) is 1. The Morgan fingerprint density at radius 1 is 1.09 bits per heavy atom. The number of aromatic amines is 1. The largest absolute Gasteiger partial charge is 0.364 e. The van der Waals surface area contributed by atoms with E-state index < -0.39 is 5.91 Å². The molecule has 1 aromatic heterocycles. The third-order valence-electron chi connectivity index (χ3n) is 3.76. The number of carbonyl (C=O) groups is 1. The molecular weight excluding hydrogens is 276 g/mol. The van der Waals surface area contributed by atoms with Gasteiger partial charge in [0.25, 0.3) is 5.91 Å². The van der Waals surface area contributed by atoms with Gasteiger partial charge >= 0.3 is 0 Å². The van der Waals surface area contributed by atoms with Crippen molar-refractivity contribution < 1.29 is 4.79 Å². The summed E-state index contributed by atoms with van der Waals surface area (Å²) in [6.45, 7) is 3.94. The highest BCUT2D eigenvalue weighted by atomic mass is 16.1.